The van der Waals surface area contributed by atoms with Gasteiger partial charge in [-0.3, -0.25) is 9.78 Å². The lowest BCUT2D eigenvalue weighted by Crippen LogP contribution is -2.42. The van der Waals surface area contributed by atoms with E-state index in [-0.39, 0.29) is 11.9 Å². The molecule has 0 atom stereocenters. The molecule has 2 aliphatic carbocycles. The second kappa shape index (κ2) is 6.28. The molecule has 1 aliphatic heterocycles. The van der Waals surface area contributed by atoms with Crippen molar-refractivity contribution < 1.29 is 9.90 Å². The van der Waals surface area contributed by atoms with Crippen molar-refractivity contribution in [3.05, 3.63) is 29.0 Å². The number of aromatic nitrogens is 1. The number of carbonyl (C=O) groups excluding carboxylic acids is 1. The first-order valence-corrected chi connectivity index (χ1v) is 9.50. The number of rotatable bonds is 4. The molecule has 4 nitrogen and oxygen atoms in total. The van der Waals surface area contributed by atoms with Crippen LogP contribution in [0.25, 0.3) is 6.08 Å². The Balaban J connectivity index is 1.35. The van der Waals surface area contributed by atoms with Crippen LogP contribution in [0.3, 0.4) is 0 Å². The normalized spacial score (nSPS) is 25.8. The van der Waals surface area contributed by atoms with Crippen LogP contribution in [0.15, 0.2) is 17.7 Å². The largest absolute Gasteiger partial charge is 0.390 e. The molecule has 0 saturated heterocycles. The molecule has 0 unspecified atom stereocenters. The molecular formula is C20H26BN2O2. The van der Waals surface area contributed by atoms with Crippen molar-refractivity contribution >= 4 is 24.7 Å². The summed E-state index contributed by atoms with van der Waals surface area (Å²) in [7, 11) is 2.19. The molecule has 25 heavy (non-hydrogen) atoms. The van der Waals surface area contributed by atoms with Crippen LogP contribution in [-0.4, -0.2) is 34.9 Å². The highest BCUT2D eigenvalue weighted by Gasteiger charge is 2.32. The lowest BCUT2D eigenvalue weighted by atomic mass is 9.65. The summed E-state index contributed by atoms with van der Waals surface area (Å²) >= 11 is 0. The minimum atomic E-state index is -0.624. The number of nitrogens with one attached hydrogen (secondary N) is 1. The van der Waals surface area contributed by atoms with Gasteiger partial charge >= 0.3 is 0 Å². The second-order valence-corrected chi connectivity index (χ2v) is 8.44. The van der Waals surface area contributed by atoms with Crippen molar-refractivity contribution in [1.29, 1.82) is 0 Å². The standard InChI is InChI=1S/C20H26BN2O2/c1-20(2,25)14-5-7-15(8-6-14)23-19(24)13-9-17-18(22-11-13)10-16(21-17)12-3-4-12/h9-12,14-15,25H,3-8H2,1-2H3,(H,23,24). The minimum Gasteiger partial charge on any atom is -0.390 e. The topological polar surface area (TPSA) is 62.2 Å². The highest BCUT2D eigenvalue weighted by atomic mass is 16.3. The first-order chi connectivity index (χ1) is 11.9. The molecule has 2 fully saturated rings. The van der Waals surface area contributed by atoms with Gasteiger partial charge in [-0.05, 0) is 70.3 Å². The van der Waals surface area contributed by atoms with Gasteiger partial charge in [-0.2, -0.15) is 0 Å². The molecule has 5 heteroatoms. The number of hydrogen-bond donors (Lipinski definition) is 2. The fourth-order valence-electron chi connectivity index (χ4n) is 4.10. The number of pyridine rings is 1. The van der Waals surface area contributed by atoms with Crippen LogP contribution < -0.4 is 10.8 Å². The molecule has 131 valence electrons. The maximum atomic E-state index is 12.6. The van der Waals surface area contributed by atoms with Gasteiger partial charge in [0.2, 0.25) is 0 Å². The molecule has 3 aliphatic rings. The predicted octanol–water partition coefficient (Wildman–Crippen LogP) is 2.24. The number of allylic oxidation sites excluding steroid dienone is 1. The maximum Gasteiger partial charge on any atom is 0.253 e. The Hall–Kier alpha value is -1.62. The van der Waals surface area contributed by atoms with Gasteiger partial charge in [0.05, 0.1) is 16.9 Å². The zero-order valence-electron chi connectivity index (χ0n) is 15.1. The van der Waals surface area contributed by atoms with E-state index in [4.69, 9.17) is 0 Å². The fraction of sp³-hybridized carbons (Fsp3) is 0.600. The van der Waals surface area contributed by atoms with Crippen LogP contribution >= 0.6 is 0 Å². The van der Waals surface area contributed by atoms with E-state index in [1.165, 1.54) is 18.3 Å². The Bertz CT molecular complexity index is 711. The third-order valence-corrected chi connectivity index (χ3v) is 5.95. The number of nitrogens with zero attached hydrogens (tertiary/aromatic N) is 1. The van der Waals surface area contributed by atoms with E-state index in [0.717, 1.165) is 36.8 Å². The van der Waals surface area contributed by atoms with Crippen LogP contribution in [0.2, 0.25) is 0 Å². The van der Waals surface area contributed by atoms with Gasteiger partial charge in [-0.15, -0.1) is 0 Å². The summed E-state index contributed by atoms with van der Waals surface area (Å²) in [5.74, 6) is 0.997. The monoisotopic (exact) mass is 337 g/mol. The molecule has 4 rings (SSSR count). The fourth-order valence-corrected chi connectivity index (χ4v) is 4.10. The minimum absolute atomic E-state index is 0.0321. The number of aliphatic hydroxyl groups is 1. The summed E-state index contributed by atoms with van der Waals surface area (Å²) in [4.78, 5) is 17.1. The Morgan fingerprint density at radius 1 is 1.24 bits per heavy atom. The Morgan fingerprint density at radius 3 is 2.60 bits per heavy atom. The van der Waals surface area contributed by atoms with E-state index in [9.17, 15) is 9.90 Å². The third-order valence-electron chi connectivity index (χ3n) is 5.95. The van der Waals surface area contributed by atoms with E-state index in [0.29, 0.717) is 17.4 Å². The van der Waals surface area contributed by atoms with Crippen molar-refractivity contribution in [1.82, 2.24) is 10.3 Å². The molecule has 2 saturated carbocycles. The molecule has 1 amide bonds. The van der Waals surface area contributed by atoms with Gasteiger partial charge in [-0.1, -0.05) is 17.0 Å². The summed E-state index contributed by atoms with van der Waals surface area (Å²) in [6.07, 6.45) is 10.2. The van der Waals surface area contributed by atoms with Gasteiger partial charge in [0, 0.05) is 12.2 Å². The highest BCUT2D eigenvalue weighted by Crippen LogP contribution is 2.38. The second-order valence-electron chi connectivity index (χ2n) is 8.44. The van der Waals surface area contributed by atoms with Crippen LogP contribution in [0.1, 0.15) is 68.4 Å². The zero-order valence-corrected chi connectivity index (χ0v) is 15.1. The van der Waals surface area contributed by atoms with Crippen molar-refractivity contribution in [3.8, 4) is 0 Å². The van der Waals surface area contributed by atoms with Crippen LogP contribution in [-0.2, 0) is 0 Å². The van der Waals surface area contributed by atoms with Gasteiger partial charge in [0.25, 0.3) is 5.91 Å². The average molecular weight is 337 g/mol. The highest BCUT2D eigenvalue weighted by molar-refractivity contribution is 6.65. The number of fused-ring (bicyclic) bond motifs is 1. The van der Waals surface area contributed by atoms with Crippen molar-refractivity contribution in [2.24, 2.45) is 11.8 Å². The van der Waals surface area contributed by atoms with Gasteiger partial charge in [0.15, 0.2) is 7.28 Å². The molecule has 1 aromatic heterocycles. The molecular weight excluding hydrogens is 311 g/mol. The van der Waals surface area contributed by atoms with Crippen LogP contribution in [0.5, 0.6) is 0 Å². The van der Waals surface area contributed by atoms with Gasteiger partial charge in [-0.25, -0.2) is 0 Å². The molecule has 0 spiro atoms. The summed E-state index contributed by atoms with van der Waals surface area (Å²) in [5, 5.41) is 13.3. The molecule has 0 aromatic carbocycles. The lowest BCUT2D eigenvalue weighted by molar-refractivity contribution is -0.00257. The SMILES string of the molecule is CC(C)(O)C1CCC(NC(=O)c2cnc3c(c2)[B]C(C2CC2)=C3)CC1. The molecule has 0 bridgehead atoms. The van der Waals surface area contributed by atoms with Crippen molar-refractivity contribution in [3.63, 3.8) is 0 Å². The van der Waals surface area contributed by atoms with E-state index in [1.807, 2.05) is 19.9 Å². The molecule has 2 heterocycles. The zero-order chi connectivity index (χ0) is 17.6. The van der Waals surface area contributed by atoms with E-state index >= 15 is 0 Å². The number of carbonyl (C=O) groups is 1. The maximum absolute atomic E-state index is 12.6. The number of amides is 1. The average Bonchev–Trinajstić information content (AvgIpc) is 3.33. The third kappa shape index (κ3) is 3.66. The summed E-state index contributed by atoms with van der Waals surface area (Å²) in [6, 6.07) is 2.16. The number of hydrogen-bond acceptors (Lipinski definition) is 3. The first kappa shape index (κ1) is 16.8. The Kier molecular flexibility index (Phi) is 4.23. The summed E-state index contributed by atoms with van der Waals surface area (Å²) in [6.45, 7) is 3.76. The first-order valence-electron chi connectivity index (χ1n) is 9.50. The van der Waals surface area contributed by atoms with Gasteiger partial charge in [0.1, 0.15) is 0 Å². The molecule has 2 N–H and O–H groups in total. The molecule has 1 radical (unpaired) electrons. The van der Waals surface area contributed by atoms with Gasteiger partial charge < -0.3 is 10.4 Å². The van der Waals surface area contributed by atoms with Crippen LogP contribution in [0, 0.1) is 11.8 Å². The smallest absolute Gasteiger partial charge is 0.253 e. The van der Waals surface area contributed by atoms with E-state index < -0.39 is 5.60 Å². The van der Waals surface area contributed by atoms with E-state index in [1.54, 1.807) is 6.20 Å². The Labute approximate surface area is 150 Å². The predicted molar refractivity (Wildman–Crippen MR) is 99.8 cm³/mol. The lowest BCUT2D eigenvalue weighted by Gasteiger charge is -2.36. The molecule has 1 aromatic rings. The van der Waals surface area contributed by atoms with Crippen molar-refractivity contribution in [2.75, 3.05) is 0 Å². The van der Waals surface area contributed by atoms with Crippen molar-refractivity contribution in [2.45, 2.75) is 64.0 Å². The summed E-state index contributed by atoms with van der Waals surface area (Å²) in [5.41, 5.74) is 3.44. The quantitative estimate of drug-likeness (QED) is 0.829. The van der Waals surface area contributed by atoms with Crippen LogP contribution in [0.4, 0.5) is 0 Å². The summed E-state index contributed by atoms with van der Waals surface area (Å²) < 4.78 is 0. The van der Waals surface area contributed by atoms with E-state index in [2.05, 4.69) is 23.7 Å². The Morgan fingerprint density at radius 2 is 1.96 bits per heavy atom.